The number of nitrogens with zero attached hydrogens (tertiary/aromatic N) is 4. The van der Waals surface area contributed by atoms with E-state index in [4.69, 9.17) is 10.5 Å². The van der Waals surface area contributed by atoms with Crippen molar-refractivity contribution in [2.45, 2.75) is 25.8 Å². The fraction of sp³-hybridized carbons (Fsp3) is 0.286. The molecule has 2 amide bonds. The fourth-order valence-electron chi connectivity index (χ4n) is 2.94. The van der Waals surface area contributed by atoms with E-state index in [1.165, 1.54) is 17.3 Å². The molecule has 0 saturated heterocycles. The minimum Gasteiger partial charge on any atom is -0.472 e. The van der Waals surface area contributed by atoms with Crippen molar-refractivity contribution >= 4 is 23.5 Å². The molecule has 1 aliphatic rings. The zero-order valence-corrected chi connectivity index (χ0v) is 17.1. The normalized spacial score (nSPS) is 19.0. The van der Waals surface area contributed by atoms with E-state index in [9.17, 15) is 9.59 Å². The maximum Gasteiger partial charge on any atom is 0.275 e. The number of aliphatic imine (C=N–C) groups is 1. The van der Waals surface area contributed by atoms with Gasteiger partial charge in [-0.15, -0.1) is 0 Å². The molecule has 1 aromatic heterocycles. The van der Waals surface area contributed by atoms with E-state index >= 15 is 0 Å². The quantitative estimate of drug-likeness (QED) is 0.706. The number of nitrogens with one attached hydrogen (secondary N) is 1. The Balaban J connectivity index is 1.74. The van der Waals surface area contributed by atoms with Gasteiger partial charge in [-0.1, -0.05) is 24.3 Å². The Morgan fingerprint density at radius 2 is 2.17 bits per heavy atom. The molecule has 2 heterocycles. The van der Waals surface area contributed by atoms with Crippen LogP contribution < -0.4 is 15.8 Å². The van der Waals surface area contributed by atoms with Gasteiger partial charge in [0, 0.05) is 12.7 Å². The van der Waals surface area contributed by atoms with Crippen molar-refractivity contribution in [3.63, 3.8) is 0 Å². The van der Waals surface area contributed by atoms with Crippen LogP contribution in [0, 0.1) is 0 Å². The number of anilines is 1. The monoisotopic (exact) mass is 408 g/mol. The molecule has 0 aliphatic carbocycles. The molecule has 2 aromatic rings. The Labute approximate surface area is 174 Å². The van der Waals surface area contributed by atoms with Gasteiger partial charge in [-0.05, 0) is 31.5 Å². The lowest BCUT2D eigenvalue weighted by molar-refractivity contribution is -0.128. The summed E-state index contributed by atoms with van der Waals surface area (Å²) in [6.45, 7) is 4.11. The van der Waals surface area contributed by atoms with Crippen LogP contribution in [0.5, 0.6) is 5.88 Å². The molecule has 0 spiro atoms. The first-order valence-electron chi connectivity index (χ1n) is 9.42. The maximum atomic E-state index is 12.5. The number of guanidine groups is 1. The number of allylic oxidation sites excluding steroid dienone is 1. The second-order valence-corrected chi connectivity index (χ2v) is 7.03. The van der Waals surface area contributed by atoms with Crippen LogP contribution in [0.4, 0.5) is 5.69 Å². The average Bonchev–Trinajstić information content (AvgIpc) is 2.73. The van der Waals surface area contributed by atoms with Crippen LogP contribution in [-0.2, 0) is 10.3 Å². The first-order chi connectivity index (χ1) is 14.3. The Bertz CT molecular complexity index is 1000. The number of carbonyl (C=O) groups excluding carboxylic acids is 2. The third-order valence-electron chi connectivity index (χ3n) is 4.74. The highest BCUT2D eigenvalue weighted by Gasteiger charge is 2.36. The van der Waals surface area contributed by atoms with Gasteiger partial charge in [-0.2, -0.15) is 0 Å². The van der Waals surface area contributed by atoms with Crippen molar-refractivity contribution in [3.8, 4) is 5.88 Å². The lowest BCUT2D eigenvalue weighted by atomic mass is 9.87. The smallest absolute Gasteiger partial charge is 0.275 e. The summed E-state index contributed by atoms with van der Waals surface area (Å²) in [4.78, 5) is 38.7. The number of benzene rings is 1. The SMILES string of the molecule is C/C=C/COc1cnc(C(=O)Nc2cccc(C3(C)CC(=O)N(C)C(N)=N3)c2)cn1. The van der Waals surface area contributed by atoms with Crippen molar-refractivity contribution in [1.29, 1.82) is 0 Å². The van der Waals surface area contributed by atoms with Crippen molar-refractivity contribution in [2.75, 3.05) is 19.0 Å². The Morgan fingerprint density at radius 3 is 2.83 bits per heavy atom. The van der Waals surface area contributed by atoms with Crippen LogP contribution in [0.25, 0.3) is 0 Å². The molecule has 1 aliphatic heterocycles. The average molecular weight is 408 g/mol. The number of hydrogen-bond donors (Lipinski definition) is 2. The lowest BCUT2D eigenvalue weighted by Crippen LogP contribution is -2.47. The van der Waals surface area contributed by atoms with Gasteiger partial charge in [0.05, 0.1) is 24.4 Å². The maximum absolute atomic E-state index is 12.5. The van der Waals surface area contributed by atoms with Crippen LogP contribution in [0.15, 0.2) is 53.8 Å². The summed E-state index contributed by atoms with van der Waals surface area (Å²) in [5.41, 5.74) is 6.55. The molecule has 9 heteroatoms. The third-order valence-corrected chi connectivity index (χ3v) is 4.74. The van der Waals surface area contributed by atoms with E-state index in [0.29, 0.717) is 18.2 Å². The zero-order chi connectivity index (χ0) is 21.7. The minimum absolute atomic E-state index is 0.119. The largest absolute Gasteiger partial charge is 0.472 e. The summed E-state index contributed by atoms with van der Waals surface area (Å²) in [5, 5.41) is 2.79. The molecule has 9 nitrogen and oxygen atoms in total. The van der Waals surface area contributed by atoms with E-state index in [1.54, 1.807) is 25.2 Å². The molecule has 3 rings (SSSR count). The van der Waals surface area contributed by atoms with Gasteiger partial charge in [0.2, 0.25) is 11.8 Å². The van der Waals surface area contributed by atoms with Gasteiger partial charge in [-0.3, -0.25) is 14.5 Å². The van der Waals surface area contributed by atoms with Gasteiger partial charge in [0.15, 0.2) is 5.96 Å². The molecule has 1 aromatic carbocycles. The zero-order valence-electron chi connectivity index (χ0n) is 17.1. The highest BCUT2D eigenvalue weighted by atomic mass is 16.5. The molecule has 30 heavy (non-hydrogen) atoms. The van der Waals surface area contributed by atoms with E-state index in [-0.39, 0.29) is 24.0 Å². The summed E-state index contributed by atoms with van der Waals surface area (Å²) in [5.74, 6) is -0.0316. The summed E-state index contributed by atoms with van der Waals surface area (Å²) >= 11 is 0. The second-order valence-electron chi connectivity index (χ2n) is 7.03. The predicted octanol–water partition coefficient (Wildman–Crippen LogP) is 2.08. The minimum atomic E-state index is -0.805. The number of rotatable bonds is 6. The van der Waals surface area contributed by atoms with Crippen molar-refractivity contribution < 1.29 is 14.3 Å². The Kier molecular flexibility index (Phi) is 6.10. The number of hydrogen-bond acceptors (Lipinski definition) is 7. The molecule has 1 atom stereocenters. The highest BCUT2D eigenvalue weighted by molar-refractivity contribution is 6.03. The fourth-order valence-corrected chi connectivity index (χ4v) is 2.94. The molecule has 156 valence electrons. The van der Waals surface area contributed by atoms with E-state index in [0.717, 1.165) is 5.56 Å². The number of carbonyl (C=O) groups is 2. The van der Waals surface area contributed by atoms with Crippen molar-refractivity contribution in [2.24, 2.45) is 10.7 Å². The van der Waals surface area contributed by atoms with E-state index < -0.39 is 11.4 Å². The molecule has 0 saturated carbocycles. The van der Waals surface area contributed by atoms with Gasteiger partial charge in [0.25, 0.3) is 5.91 Å². The summed E-state index contributed by atoms with van der Waals surface area (Å²) in [7, 11) is 1.59. The standard InChI is InChI=1S/C21H24N6O3/c1-4-5-9-30-17-13-23-16(12-24-17)19(29)25-15-8-6-7-14(10-15)21(2)11-18(28)27(3)20(22)26-21/h4-8,10,12-13H,9,11H2,1-3H3,(H2,22,26)(H,25,29)/b5-4+. The van der Waals surface area contributed by atoms with E-state index in [2.05, 4.69) is 20.3 Å². The molecule has 3 N–H and O–H groups in total. The summed E-state index contributed by atoms with van der Waals surface area (Å²) in [6.07, 6.45) is 6.64. The molecular weight excluding hydrogens is 384 g/mol. The lowest BCUT2D eigenvalue weighted by Gasteiger charge is -2.33. The molecule has 0 fully saturated rings. The van der Waals surface area contributed by atoms with Gasteiger partial charge in [0.1, 0.15) is 12.3 Å². The van der Waals surface area contributed by atoms with Crippen LogP contribution in [0.2, 0.25) is 0 Å². The topological polar surface area (TPSA) is 123 Å². The predicted molar refractivity (Wildman–Crippen MR) is 113 cm³/mol. The van der Waals surface area contributed by atoms with Crippen LogP contribution in [0.1, 0.15) is 36.3 Å². The Morgan fingerprint density at radius 1 is 1.37 bits per heavy atom. The van der Waals surface area contributed by atoms with Gasteiger partial charge >= 0.3 is 0 Å². The molecule has 0 radical (unpaired) electrons. The Hall–Kier alpha value is -3.75. The molecular formula is C21H24N6O3. The van der Waals surface area contributed by atoms with Crippen molar-refractivity contribution in [1.82, 2.24) is 14.9 Å². The molecule has 0 bridgehead atoms. The number of aromatic nitrogens is 2. The summed E-state index contributed by atoms with van der Waals surface area (Å²) in [6, 6.07) is 7.15. The van der Waals surface area contributed by atoms with Gasteiger partial charge < -0.3 is 15.8 Å². The van der Waals surface area contributed by atoms with E-state index in [1.807, 2.05) is 32.1 Å². The highest BCUT2D eigenvalue weighted by Crippen LogP contribution is 2.34. The summed E-state index contributed by atoms with van der Waals surface area (Å²) < 4.78 is 5.37. The van der Waals surface area contributed by atoms with Crippen LogP contribution >= 0.6 is 0 Å². The molecule has 1 unspecified atom stereocenters. The van der Waals surface area contributed by atoms with Crippen molar-refractivity contribution in [3.05, 3.63) is 60.1 Å². The first kappa shape index (κ1) is 21.0. The van der Waals surface area contributed by atoms with Gasteiger partial charge in [-0.25, -0.2) is 15.0 Å². The number of amides is 2. The third kappa shape index (κ3) is 4.62. The van der Waals surface area contributed by atoms with Crippen LogP contribution in [-0.4, -0.2) is 46.3 Å². The first-order valence-corrected chi connectivity index (χ1v) is 9.42. The number of ether oxygens (including phenoxy) is 1. The number of nitrogens with two attached hydrogens (primary N) is 1. The second kappa shape index (κ2) is 8.73. The van der Waals surface area contributed by atoms with Crippen LogP contribution in [0.3, 0.4) is 0 Å².